The number of carbonyl (C=O) groups is 1. The molecule has 1 amide bonds. The fraction of sp³-hybridized carbons (Fsp3) is 0.750. The third kappa shape index (κ3) is 4.47. The number of hydrogen-bond acceptors (Lipinski definition) is 6. The molecule has 138 valence electrons. The van der Waals surface area contributed by atoms with Crippen molar-refractivity contribution in [1.29, 1.82) is 0 Å². The van der Waals surface area contributed by atoms with Gasteiger partial charge in [-0.25, -0.2) is 4.99 Å². The van der Waals surface area contributed by atoms with E-state index in [9.17, 15) is 4.79 Å². The van der Waals surface area contributed by atoms with Gasteiger partial charge in [0.05, 0.1) is 0 Å². The lowest BCUT2D eigenvalue weighted by Gasteiger charge is -2.37. The summed E-state index contributed by atoms with van der Waals surface area (Å²) in [5.74, 6) is 2.04. The molecule has 2 aliphatic heterocycles. The molecular weight excluding hydrogens is 324 g/mol. The number of carbonyl (C=O) groups excluding carboxylic acids is 1. The van der Waals surface area contributed by atoms with Crippen molar-refractivity contribution in [2.24, 2.45) is 4.99 Å². The van der Waals surface area contributed by atoms with Crippen molar-refractivity contribution in [3.8, 4) is 0 Å². The van der Waals surface area contributed by atoms with Crippen LogP contribution in [-0.2, 0) is 16.1 Å². The number of ether oxygens (including phenoxy) is 1. The first-order valence-electron chi connectivity index (χ1n) is 8.90. The second-order valence-electron chi connectivity index (χ2n) is 6.22. The largest absolute Gasteiger partial charge is 0.368 e. The van der Waals surface area contributed by atoms with E-state index in [4.69, 9.17) is 9.26 Å². The molecule has 25 heavy (non-hydrogen) atoms. The number of aliphatic imine (C=N–C) groups is 1. The minimum absolute atomic E-state index is 0.125. The molecule has 0 saturated carbocycles. The minimum Gasteiger partial charge on any atom is -0.368 e. The molecular formula is C16H26N6O3. The molecule has 1 aromatic rings. The fourth-order valence-electron chi connectivity index (χ4n) is 3.09. The summed E-state index contributed by atoms with van der Waals surface area (Å²) in [6.07, 6.45) is 1.57. The van der Waals surface area contributed by atoms with Crippen molar-refractivity contribution in [2.45, 2.75) is 39.3 Å². The quantitative estimate of drug-likeness (QED) is 0.611. The average molecular weight is 350 g/mol. The SMILES string of the molecule is CCNC(=NCc1nc(C)no1)N1CCN(C(=O)C2CCCO2)CC1. The lowest BCUT2D eigenvalue weighted by molar-refractivity contribution is -0.142. The molecule has 1 unspecified atom stereocenters. The molecule has 0 bridgehead atoms. The monoisotopic (exact) mass is 350 g/mol. The number of aromatic nitrogens is 2. The summed E-state index contributed by atoms with van der Waals surface area (Å²) in [6, 6.07) is 0. The predicted octanol–water partition coefficient (Wildman–Crippen LogP) is 0.167. The van der Waals surface area contributed by atoms with E-state index in [0.29, 0.717) is 38.0 Å². The number of nitrogens with one attached hydrogen (secondary N) is 1. The van der Waals surface area contributed by atoms with Gasteiger partial charge in [0.2, 0.25) is 5.89 Å². The van der Waals surface area contributed by atoms with Crippen molar-refractivity contribution >= 4 is 11.9 Å². The molecule has 1 atom stereocenters. The number of nitrogens with zero attached hydrogens (tertiary/aromatic N) is 5. The molecule has 0 radical (unpaired) electrons. The summed E-state index contributed by atoms with van der Waals surface area (Å²) < 4.78 is 10.6. The summed E-state index contributed by atoms with van der Waals surface area (Å²) in [6.45, 7) is 8.49. The number of amides is 1. The highest BCUT2D eigenvalue weighted by Gasteiger charge is 2.30. The Hall–Kier alpha value is -2.16. The highest BCUT2D eigenvalue weighted by molar-refractivity contribution is 5.82. The molecule has 0 aliphatic carbocycles. The zero-order valence-corrected chi connectivity index (χ0v) is 14.9. The van der Waals surface area contributed by atoms with Gasteiger partial charge in [-0.05, 0) is 26.7 Å². The van der Waals surface area contributed by atoms with Gasteiger partial charge in [0.15, 0.2) is 11.8 Å². The number of guanidine groups is 1. The fourth-order valence-corrected chi connectivity index (χ4v) is 3.09. The van der Waals surface area contributed by atoms with Crippen molar-refractivity contribution in [1.82, 2.24) is 25.3 Å². The van der Waals surface area contributed by atoms with E-state index in [1.807, 2.05) is 11.8 Å². The molecule has 0 spiro atoms. The lowest BCUT2D eigenvalue weighted by Crippen LogP contribution is -2.55. The first-order valence-corrected chi connectivity index (χ1v) is 8.90. The summed E-state index contributed by atoms with van der Waals surface area (Å²) in [7, 11) is 0. The molecule has 2 saturated heterocycles. The van der Waals surface area contributed by atoms with Crippen LogP contribution in [0.2, 0.25) is 0 Å². The van der Waals surface area contributed by atoms with Crippen LogP contribution in [-0.4, -0.2) is 77.2 Å². The van der Waals surface area contributed by atoms with Crippen LogP contribution in [0.1, 0.15) is 31.5 Å². The molecule has 9 heteroatoms. The Morgan fingerprint density at radius 2 is 2.08 bits per heavy atom. The van der Waals surface area contributed by atoms with Crippen LogP contribution in [0.25, 0.3) is 0 Å². The summed E-state index contributed by atoms with van der Waals surface area (Å²) >= 11 is 0. The average Bonchev–Trinajstić information content (AvgIpc) is 3.30. The molecule has 1 N–H and O–H groups in total. The van der Waals surface area contributed by atoms with E-state index in [2.05, 4.69) is 25.3 Å². The van der Waals surface area contributed by atoms with Gasteiger partial charge < -0.3 is 24.4 Å². The van der Waals surface area contributed by atoms with Gasteiger partial charge in [-0.15, -0.1) is 0 Å². The Morgan fingerprint density at radius 3 is 2.68 bits per heavy atom. The number of piperazine rings is 1. The second kappa shape index (κ2) is 8.28. The lowest BCUT2D eigenvalue weighted by atomic mass is 10.2. The molecule has 2 aliphatic rings. The maximum atomic E-state index is 12.4. The van der Waals surface area contributed by atoms with Gasteiger partial charge in [-0.1, -0.05) is 5.16 Å². The third-order valence-electron chi connectivity index (χ3n) is 4.36. The van der Waals surface area contributed by atoms with E-state index in [-0.39, 0.29) is 12.0 Å². The van der Waals surface area contributed by atoms with Crippen LogP contribution in [0.5, 0.6) is 0 Å². The highest BCUT2D eigenvalue weighted by atomic mass is 16.5. The Morgan fingerprint density at radius 1 is 1.32 bits per heavy atom. The van der Waals surface area contributed by atoms with Crippen LogP contribution in [0.15, 0.2) is 9.52 Å². The van der Waals surface area contributed by atoms with Gasteiger partial charge in [-0.2, -0.15) is 4.98 Å². The molecule has 1 aromatic heterocycles. The Kier molecular flexibility index (Phi) is 5.85. The Labute approximate surface area is 147 Å². The number of hydrogen-bond donors (Lipinski definition) is 1. The third-order valence-corrected chi connectivity index (χ3v) is 4.36. The van der Waals surface area contributed by atoms with Crippen LogP contribution >= 0.6 is 0 Å². The normalized spacial score (nSPS) is 21.7. The summed E-state index contributed by atoms with van der Waals surface area (Å²) in [5, 5.41) is 7.06. The zero-order chi connectivity index (χ0) is 17.6. The van der Waals surface area contributed by atoms with Gasteiger partial charge in [0.1, 0.15) is 12.6 Å². The minimum atomic E-state index is -0.241. The first-order chi connectivity index (χ1) is 12.2. The zero-order valence-electron chi connectivity index (χ0n) is 14.9. The maximum absolute atomic E-state index is 12.4. The predicted molar refractivity (Wildman–Crippen MR) is 91.0 cm³/mol. The van der Waals surface area contributed by atoms with Crippen LogP contribution in [0.4, 0.5) is 0 Å². The van der Waals surface area contributed by atoms with Crippen LogP contribution in [0.3, 0.4) is 0 Å². The molecule has 0 aromatic carbocycles. The topological polar surface area (TPSA) is 96.1 Å². The second-order valence-corrected chi connectivity index (χ2v) is 6.22. The van der Waals surface area contributed by atoms with Gasteiger partial charge in [0, 0.05) is 39.3 Å². The van der Waals surface area contributed by atoms with Crippen molar-refractivity contribution in [2.75, 3.05) is 39.3 Å². The Bertz CT molecular complexity index is 603. The molecule has 3 rings (SSSR count). The standard InChI is InChI=1S/C16H26N6O3/c1-3-17-16(18-11-14-19-12(2)20-25-14)22-8-6-21(7-9-22)15(23)13-5-4-10-24-13/h13H,3-11H2,1-2H3,(H,17,18). The van der Waals surface area contributed by atoms with Gasteiger partial charge >= 0.3 is 0 Å². The molecule has 3 heterocycles. The van der Waals surface area contributed by atoms with Gasteiger partial charge in [0.25, 0.3) is 5.91 Å². The summed E-state index contributed by atoms with van der Waals surface area (Å²) in [5.41, 5.74) is 0. The summed E-state index contributed by atoms with van der Waals surface area (Å²) in [4.78, 5) is 25.2. The van der Waals surface area contributed by atoms with Crippen molar-refractivity contribution < 1.29 is 14.1 Å². The van der Waals surface area contributed by atoms with Crippen molar-refractivity contribution in [3.05, 3.63) is 11.7 Å². The number of aryl methyl sites for hydroxylation is 1. The smallest absolute Gasteiger partial charge is 0.251 e. The van der Waals surface area contributed by atoms with E-state index < -0.39 is 0 Å². The van der Waals surface area contributed by atoms with Crippen LogP contribution < -0.4 is 5.32 Å². The molecule has 2 fully saturated rings. The molecule has 9 nitrogen and oxygen atoms in total. The highest BCUT2D eigenvalue weighted by Crippen LogP contribution is 2.16. The Balaban J connectivity index is 1.55. The van der Waals surface area contributed by atoms with E-state index in [1.165, 1.54) is 0 Å². The van der Waals surface area contributed by atoms with Gasteiger partial charge in [-0.3, -0.25) is 4.79 Å². The van der Waals surface area contributed by atoms with E-state index in [0.717, 1.165) is 38.4 Å². The van der Waals surface area contributed by atoms with Crippen LogP contribution in [0, 0.1) is 6.92 Å². The van der Waals surface area contributed by atoms with E-state index >= 15 is 0 Å². The number of rotatable bonds is 4. The van der Waals surface area contributed by atoms with Crippen molar-refractivity contribution in [3.63, 3.8) is 0 Å². The van der Waals surface area contributed by atoms with E-state index in [1.54, 1.807) is 6.92 Å². The first kappa shape index (κ1) is 17.7. The maximum Gasteiger partial charge on any atom is 0.251 e.